The fourth-order valence-corrected chi connectivity index (χ4v) is 5.99. The van der Waals surface area contributed by atoms with Gasteiger partial charge in [0.25, 0.3) is 0 Å². The van der Waals surface area contributed by atoms with E-state index in [0.717, 1.165) is 6.42 Å². The van der Waals surface area contributed by atoms with Crippen LogP contribution in [0.25, 0.3) is 6.08 Å². The second kappa shape index (κ2) is 9.31. The Morgan fingerprint density at radius 1 is 1.05 bits per heavy atom. The fourth-order valence-electron chi connectivity index (χ4n) is 3.04. The van der Waals surface area contributed by atoms with Crippen LogP contribution in [0.2, 0.25) is 18.1 Å². The molecule has 0 saturated heterocycles. The van der Waals surface area contributed by atoms with E-state index in [4.69, 9.17) is 4.43 Å². The molecule has 124 valence electrons. The largest absolute Gasteiger partial charge is 0.410 e. The first-order chi connectivity index (χ1) is 10.5. The molecule has 0 heterocycles. The lowest BCUT2D eigenvalue weighted by Crippen LogP contribution is -2.42. The maximum absolute atomic E-state index is 6.84. The van der Waals surface area contributed by atoms with Gasteiger partial charge in [0, 0.05) is 0 Å². The van der Waals surface area contributed by atoms with Crippen LogP contribution in [0.1, 0.15) is 53.5 Å². The van der Waals surface area contributed by atoms with Crippen molar-refractivity contribution in [3.8, 4) is 0 Å². The standard InChI is InChI=1S/C20H34OSi/c1-7-17(5)20(21-22(8-2,9-3)10-4)18(6)16-19-14-12-11-13-15-19/h11-17,20H,7-10H2,1-6H3. The Kier molecular flexibility index (Phi) is 8.12. The van der Waals surface area contributed by atoms with Gasteiger partial charge in [0.1, 0.15) is 0 Å². The summed E-state index contributed by atoms with van der Waals surface area (Å²) in [4.78, 5) is 0. The average molecular weight is 319 g/mol. The molecule has 0 saturated carbocycles. The molecule has 0 spiro atoms. The molecule has 1 rings (SSSR count). The molecular formula is C20H34OSi. The summed E-state index contributed by atoms with van der Waals surface area (Å²) in [7, 11) is -1.58. The lowest BCUT2D eigenvalue weighted by atomic mass is 9.95. The summed E-state index contributed by atoms with van der Waals surface area (Å²) in [5, 5.41) is 0. The van der Waals surface area contributed by atoms with Crippen molar-refractivity contribution in [2.45, 2.75) is 72.2 Å². The number of benzene rings is 1. The SMILES string of the molecule is CCC(C)C(O[Si](CC)(CC)CC)C(C)=Cc1ccccc1. The Bertz CT molecular complexity index is 440. The van der Waals surface area contributed by atoms with E-state index in [1.807, 2.05) is 0 Å². The quantitative estimate of drug-likeness (QED) is 0.470. The molecule has 22 heavy (non-hydrogen) atoms. The Morgan fingerprint density at radius 2 is 1.59 bits per heavy atom. The highest BCUT2D eigenvalue weighted by atomic mass is 28.4. The molecule has 1 nitrogen and oxygen atoms in total. The Hall–Kier alpha value is -0.863. The highest BCUT2D eigenvalue weighted by Crippen LogP contribution is 2.30. The summed E-state index contributed by atoms with van der Waals surface area (Å²) in [5.74, 6) is 0.566. The van der Waals surface area contributed by atoms with E-state index in [-0.39, 0.29) is 6.10 Å². The maximum atomic E-state index is 6.84. The van der Waals surface area contributed by atoms with Crippen molar-refractivity contribution in [3.05, 3.63) is 41.5 Å². The minimum Gasteiger partial charge on any atom is -0.410 e. The zero-order chi connectivity index (χ0) is 16.6. The van der Waals surface area contributed by atoms with Crippen LogP contribution in [0, 0.1) is 5.92 Å². The van der Waals surface area contributed by atoms with Crippen molar-refractivity contribution in [3.63, 3.8) is 0 Å². The second-order valence-electron chi connectivity index (χ2n) is 6.47. The van der Waals surface area contributed by atoms with E-state index >= 15 is 0 Å². The van der Waals surface area contributed by atoms with Crippen molar-refractivity contribution in [1.29, 1.82) is 0 Å². The van der Waals surface area contributed by atoms with Crippen molar-refractivity contribution < 1.29 is 4.43 Å². The summed E-state index contributed by atoms with van der Waals surface area (Å²) in [6.45, 7) is 13.8. The van der Waals surface area contributed by atoms with Gasteiger partial charge in [-0.1, -0.05) is 77.4 Å². The van der Waals surface area contributed by atoms with Crippen LogP contribution in [0.3, 0.4) is 0 Å². The second-order valence-corrected chi connectivity index (χ2v) is 11.2. The van der Waals surface area contributed by atoms with Crippen molar-refractivity contribution in [2.75, 3.05) is 0 Å². The van der Waals surface area contributed by atoms with Gasteiger partial charge in [-0.3, -0.25) is 0 Å². The highest BCUT2D eigenvalue weighted by molar-refractivity contribution is 6.73. The van der Waals surface area contributed by atoms with Gasteiger partial charge in [-0.2, -0.15) is 0 Å². The van der Waals surface area contributed by atoms with Gasteiger partial charge in [-0.25, -0.2) is 0 Å². The zero-order valence-corrected chi connectivity index (χ0v) is 16.4. The van der Waals surface area contributed by atoms with Gasteiger partial charge in [0.2, 0.25) is 0 Å². The molecule has 0 radical (unpaired) electrons. The lowest BCUT2D eigenvalue weighted by molar-refractivity contribution is 0.161. The molecule has 2 unspecified atom stereocenters. The predicted molar refractivity (Wildman–Crippen MR) is 102 cm³/mol. The van der Waals surface area contributed by atoms with Crippen LogP contribution in [0.4, 0.5) is 0 Å². The molecule has 0 aliphatic carbocycles. The van der Waals surface area contributed by atoms with Crippen LogP contribution in [0.5, 0.6) is 0 Å². The Balaban J connectivity index is 3.05. The molecule has 2 heteroatoms. The van der Waals surface area contributed by atoms with E-state index in [9.17, 15) is 0 Å². The van der Waals surface area contributed by atoms with Gasteiger partial charge in [0.15, 0.2) is 8.32 Å². The van der Waals surface area contributed by atoms with Gasteiger partial charge < -0.3 is 4.43 Å². The Labute approximate surface area is 138 Å². The van der Waals surface area contributed by atoms with Crippen LogP contribution in [0.15, 0.2) is 35.9 Å². The van der Waals surface area contributed by atoms with Gasteiger partial charge in [0.05, 0.1) is 6.10 Å². The molecule has 0 aliphatic heterocycles. The zero-order valence-electron chi connectivity index (χ0n) is 15.4. The molecular weight excluding hydrogens is 284 g/mol. The third kappa shape index (κ3) is 5.10. The molecule has 1 aromatic rings. The first-order valence-corrected chi connectivity index (χ1v) is 11.5. The van der Waals surface area contributed by atoms with E-state index in [1.165, 1.54) is 29.3 Å². The molecule has 1 aromatic carbocycles. The molecule has 0 fully saturated rings. The summed E-state index contributed by atoms with van der Waals surface area (Å²) in [6, 6.07) is 14.2. The normalized spacial score (nSPS) is 15.6. The molecule has 0 aromatic heterocycles. The van der Waals surface area contributed by atoms with Crippen molar-refractivity contribution >= 4 is 14.4 Å². The van der Waals surface area contributed by atoms with Gasteiger partial charge in [-0.15, -0.1) is 0 Å². The number of hydrogen-bond donors (Lipinski definition) is 0. The van der Waals surface area contributed by atoms with Gasteiger partial charge >= 0.3 is 0 Å². The first kappa shape index (κ1) is 19.2. The van der Waals surface area contributed by atoms with Crippen LogP contribution in [-0.2, 0) is 4.43 Å². The molecule has 0 N–H and O–H groups in total. The summed E-state index contributed by atoms with van der Waals surface area (Å²) in [6.07, 6.45) is 3.72. The fraction of sp³-hybridized carbons (Fsp3) is 0.600. The van der Waals surface area contributed by atoms with E-state index in [2.05, 4.69) is 78.0 Å². The van der Waals surface area contributed by atoms with E-state index < -0.39 is 8.32 Å². The molecule has 0 amide bonds. The minimum absolute atomic E-state index is 0.261. The summed E-state index contributed by atoms with van der Waals surface area (Å²) < 4.78 is 6.84. The van der Waals surface area contributed by atoms with Crippen LogP contribution >= 0.6 is 0 Å². The minimum atomic E-state index is -1.58. The van der Waals surface area contributed by atoms with Crippen molar-refractivity contribution in [1.82, 2.24) is 0 Å². The monoisotopic (exact) mass is 318 g/mol. The van der Waals surface area contributed by atoms with E-state index in [1.54, 1.807) is 0 Å². The molecule has 0 aliphatic rings. The predicted octanol–water partition coefficient (Wildman–Crippen LogP) is 6.53. The third-order valence-corrected chi connectivity index (χ3v) is 9.73. The summed E-state index contributed by atoms with van der Waals surface area (Å²) in [5.41, 5.74) is 2.64. The van der Waals surface area contributed by atoms with Gasteiger partial charge in [-0.05, 0) is 42.1 Å². The molecule has 0 bridgehead atoms. The van der Waals surface area contributed by atoms with Crippen molar-refractivity contribution in [2.24, 2.45) is 5.92 Å². The number of rotatable bonds is 9. The summed E-state index contributed by atoms with van der Waals surface area (Å²) >= 11 is 0. The Morgan fingerprint density at radius 3 is 2.05 bits per heavy atom. The highest BCUT2D eigenvalue weighted by Gasteiger charge is 2.34. The lowest BCUT2D eigenvalue weighted by Gasteiger charge is -2.36. The number of hydrogen-bond acceptors (Lipinski definition) is 1. The topological polar surface area (TPSA) is 9.23 Å². The van der Waals surface area contributed by atoms with E-state index in [0.29, 0.717) is 5.92 Å². The molecule has 2 atom stereocenters. The first-order valence-electron chi connectivity index (χ1n) is 8.92. The third-order valence-electron chi connectivity index (χ3n) is 5.11. The maximum Gasteiger partial charge on any atom is 0.192 e. The van der Waals surface area contributed by atoms with Crippen LogP contribution in [-0.4, -0.2) is 14.4 Å². The smallest absolute Gasteiger partial charge is 0.192 e. The average Bonchev–Trinajstić information content (AvgIpc) is 2.57. The van der Waals surface area contributed by atoms with Crippen LogP contribution < -0.4 is 0 Å².